The highest BCUT2D eigenvalue weighted by Gasteiger charge is 2.10. The minimum atomic E-state index is 0.837. The lowest BCUT2D eigenvalue weighted by Crippen LogP contribution is -2.29. The summed E-state index contributed by atoms with van der Waals surface area (Å²) in [5.74, 6) is 2.62. The number of hydrogen-bond donors (Lipinski definition) is 0. The summed E-state index contributed by atoms with van der Waals surface area (Å²) >= 11 is 1.69. The van der Waals surface area contributed by atoms with Crippen molar-refractivity contribution in [1.82, 2.24) is 9.88 Å². The normalized spacial score (nSPS) is 14.7. The van der Waals surface area contributed by atoms with Gasteiger partial charge in [-0.25, -0.2) is 4.98 Å². The number of thiazole rings is 1. The Morgan fingerprint density at radius 1 is 1.14 bits per heavy atom. The van der Waals surface area contributed by atoms with Gasteiger partial charge in [0.05, 0.1) is 11.2 Å². The van der Waals surface area contributed by atoms with Crippen LogP contribution in [0.3, 0.4) is 0 Å². The van der Waals surface area contributed by atoms with Gasteiger partial charge in [0.15, 0.2) is 0 Å². The topological polar surface area (TPSA) is 16.1 Å². The zero-order valence-electron chi connectivity index (χ0n) is 13.1. The summed E-state index contributed by atoms with van der Waals surface area (Å²) in [5, 5.41) is 2.15. The van der Waals surface area contributed by atoms with Gasteiger partial charge in [-0.1, -0.05) is 36.8 Å². The van der Waals surface area contributed by atoms with Crippen LogP contribution in [0.15, 0.2) is 41.2 Å². The second-order valence-corrected chi connectivity index (χ2v) is 6.22. The van der Waals surface area contributed by atoms with Crippen LogP contribution < -0.4 is 0 Å². The fourth-order valence-corrected chi connectivity index (χ4v) is 3.07. The molecule has 1 saturated heterocycles. The van der Waals surface area contributed by atoms with E-state index in [4.69, 9.17) is 6.42 Å². The molecular weight excluding hydrogens is 288 g/mol. The van der Waals surface area contributed by atoms with E-state index in [-0.39, 0.29) is 0 Å². The highest BCUT2D eigenvalue weighted by atomic mass is 32.1. The highest BCUT2D eigenvalue weighted by Crippen LogP contribution is 2.12. The van der Waals surface area contributed by atoms with Crippen molar-refractivity contribution in [3.05, 3.63) is 52.5 Å². The SMILES string of the molecule is C#CCCc1ccccc1.c1nc(CN2CCCCC2)cs1. The van der Waals surface area contributed by atoms with Crippen LogP contribution in [0.25, 0.3) is 0 Å². The van der Waals surface area contributed by atoms with Gasteiger partial charge in [0.2, 0.25) is 0 Å². The van der Waals surface area contributed by atoms with Crippen LogP contribution in [0.2, 0.25) is 0 Å². The molecule has 1 aromatic carbocycles. The predicted molar refractivity (Wildman–Crippen MR) is 94.8 cm³/mol. The van der Waals surface area contributed by atoms with Crippen LogP contribution in [-0.4, -0.2) is 23.0 Å². The largest absolute Gasteiger partial charge is 0.297 e. The average molecular weight is 312 g/mol. The van der Waals surface area contributed by atoms with E-state index in [1.165, 1.54) is 43.6 Å². The molecule has 0 N–H and O–H groups in total. The fraction of sp³-hybridized carbons (Fsp3) is 0.421. The Labute approximate surface area is 138 Å². The number of aryl methyl sites for hydroxylation is 1. The van der Waals surface area contributed by atoms with Crippen LogP contribution in [0.4, 0.5) is 0 Å². The maximum Gasteiger partial charge on any atom is 0.0795 e. The van der Waals surface area contributed by atoms with Gasteiger partial charge in [0.1, 0.15) is 0 Å². The molecule has 2 heterocycles. The van der Waals surface area contributed by atoms with Crippen molar-refractivity contribution in [2.75, 3.05) is 13.1 Å². The Bertz CT molecular complexity index is 537. The molecule has 1 aromatic heterocycles. The van der Waals surface area contributed by atoms with Crippen LogP contribution in [0, 0.1) is 12.3 Å². The third-order valence-corrected chi connectivity index (χ3v) is 4.35. The maximum atomic E-state index is 5.13. The van der Waals surface area contributed by atoms with Gasteiger partial charge in [-0.2, -0.15) is 0 Å². The van der Waals surface area contributed by atoms with Crippen LogP contribution >= 0.6 is 11.3 Å². The zero-order chi connectivity index (χ0) is 15.5. The van der Waals surface area contributed by atoms with Gasteiger partial charge in [-0.3, -0.25) is 4.90 Å². The summed E-state index contributed by atoms with van der Waals surface area (Å²) in [6.07, 6.45) is 11.1. The predicted octanol–water partition coefficient (Wildman–Crippen LogP) is 4.38. The third-order valence-electron chi connectivity index (χ3n) is 3.72. The summed E-state index contributed by atoms with van der Waals surface area (Å²) in [6, 6.07) is 10.3. The molecule has 3 heteroatoms. The Balaban J connectivity index is 0.000000164. The molecule has 0 atom stereocenters. The summed E-state index contributed by atoms with van der Waals surface area (Å²) in [6.45, 7) is 3.58. The molecule has 0 bridgehead atoms. The number of hydrogen-bond acceptors (Lipinski definition) is 3. The molecule has 0 amide bonds. The molecule has 2 aromatic rings. The molecule has 0 unspecified atom stereocenters. The van der Waals surface area contributed by atoms with Crippen molar-refractivity contribution < 1.29 is 0 Å². The average Bonchev–Trinajstić information content (AvgIpc) is 3.08. The van der Waals surface area contributed by atoms with Crippen molar-refractivity contribution in [2.24, 2.45) is 0 Å². The number of nitrogens with zero attached hydrogens (tertiary/aromatic N) is 2. The quantitative estimate of drug-likeness (QED) is 0.779. The monoisotopic (exact) mass is 312 g/mol. The molecular formula is C19H24N2S. The van der Waals surface area contributed by atoms with Crippen LogP contribution in [0.1, 0.15) is 36.9 Å². The van der Waals surface area contributed by atoms with E-state index in [9.17, 15) is 0 Å². The minimum absolute atomic E-state index is 0.837. The van der Waals surface area contributed by atoms with Gasteiger partial charge in [0, 0.05) is 18.3 Å². The van der Waals surface area contributed by atoms with E-state index in [0.717, 1.165) is 19.4 Å². The number of rotatable bonds is 4. The first kappa shape index (κ1) is 16.7. The highest BCUT2D eigenvalue weighted by molar-refractivity contribution is 7.07. The molecule has 3 rings (SSSR count). The van der Waals surface area contributed by atoms with Gasteiger partial charge in [-0.05, 0) is 37.9 Å². The number of benzene rings is 1. The molecule has 22 heavy (non-hydrogen) atoms. The van der Waals surface area contributed by atoms with Gasteiger partial charge < -0.3 is 0 Å². The van der Waals surface area contributed by atoms with Crippen molar-refractivity contribution in [3.8, 4) is 12.3 Å². The Kier molecular flexibility index (Phi) is 7.73. The van der Waals surface area contributed by atoms with Gasteiger partial charge in [-0.15, -0.1) is 23.7 Å². The lowest BCUT2D eigenvalue weighted by Gasteiger charge is -2.25. The zero-order valence-corrected chi connectivity index (χ0v) is 13.9. The standard InChI is InChI=1S/C10H10.C9H14N2S/c1-2-3-7-10-8-5-4-6-9-10;1-2-4-11(5-3-1)6-9-7-12-8-10-9/h1,4-6,8-9H,3,7H2;7-8H,1-6H2. The van der Waals surface area contributed by atoms with Gasteiger partial charge in [0.25, 0.3) is 0 Å². The Morgan fingerprint density at radius 2 is 1.91 bits per heavy atom. The maximum absolute atomic E-state index is 5.13. The number of piperidine rings is 1. The van der Waals surface area contributed by atoms with Crippen molar-refractivity contribution >= 4 is 11.3 Å². The first-order valence-electron chi connectivity index (χ1n) is 7.95. The minimum Gasteiger partial charge on any atom is -0.297 e. The van der Waals surface area contributed by atoms with Crippen molar-refractivity contribution in [2.45, 2.75) is 38.6 Å². The summed E-state index contributed by atoms with van der Waals surface area (Å²) in [5.41, 5.74) is 4.47. The lowest BCUT2D eigenvalue weighted by molar-refractivity contribution is 0.219. The Morgan fingerprint density at radius 3 is 2.55 bits per heavy atom. The fourth-order valence-electron chi connectivity index (χ4n) is 2.52. The molecule has 1 aliphatic rings. The van der Waals surface area contributed by atoms with E-state index in [1.54, 1.807) is 11.3 Å². The molecule has 0 spiro atoms. The van der Waals surface area contributed by atoms with E-state index in [1.807, 2.05) is 23.7 Å². The molecule has 0 aliphatic carbocycles. The third kappa shape index (κ3) is 6.43. The van der Waals surface area contributed by atoms with E-state index >= 15 is 0 Å². The first-order chi connectivity index (χ1) is 10.9. The molecule has 2 nitrogen and oxygen atoms in total. The molecule has 1 aliphatic heterocycles. The molecule has 0 radical (unpaired) electrons. The lowest BCUT2D eigenvalue weighted by atomic mass is 10.1. The van der Waals surface area contributed by atoms with E-state index in [2.05, 4.69) is 33.3 Å². The smallest absolute Gasteiger partial charge is 0.0795 e. The van der Waals surface area contributed by atoms with E-state index < -0.39 is 0 Å². The van der Waals surface area contributed by atoms with E-state index in [0.29, 0.717) is 0 Å². The van der Waals surface area contributed by atoms with Crippen molar-refractivity contribution in [1.29, 1.82) is 0 Å². The summed E-state index contributed by atoms with van der Waals surface area (Å²) < 4.78 is 0. The first-order valence-corrected chi connectivity index (χ1v) is 8.89. The summed E-state index contributed by atoms with van der Waals surface area (Å²) in [4.78, 5) is 6.79. The number of terminal acetylenes is 1. The second-order valence-electron chi connectivity index (χ2n) is 5.51. The molecule has 116 valence electrons. The van der Waals surface area contributed by atoms with Crippen LogP contribution in [-0.2, 0) is 13.0 Å². The van der Waals surface area contributed by atoms with Gasteiger partial charge >= 0.3 is 0 Å². The van der Waals surface area contributed by atoms with Crippen LogP contribution in [0.5, 0.6) is 0 Å². The Hall–Kier alpha value is -1.63. The number of likely N-dealkylation sites (tertiary alicyclic amines) is 1. The molecule has 0 saturated carbocycles. The number of aromatic nitrogens is 1. The molecule has 1 fully saturated rings. The van der Waals surface area contributed by atoms with Crippen molar-refractivity contribution in [3.63, 3.8) is 0 Å². The summed E-state index contributed by atoms with van der Waals surface area (Å²) in [7, 11) is 0. The second kappa shape index (κ2) is 10.2.